The number of hydrogen-bond donors (Lipinski definition) is 1. The van der Waals surface area contributed by atoms with Gasteiger partial charge >= 0.3 is 0 Å². The molecule has 0 fully saturated rings. The lowest BCUT2D eigenvalue weighted by Crippen LogP contribution is -2.06. The topological polar surface area (TPSA) is 60.2 Å². The lowest BCUT2D eigenvalue weighted by Gasteiger charge is -2.07. The largest absolute Gasteiger partial charge is 0.399 e. The molecule has 2 aromatic rings. The van der Waals surface area contributed by atoms with E-state index in [1.165, 1.54) is 12.1 Å². The molecule has 3 nitrogen and oxygen atoms in total. The van der Waals surface area contributed by atoms with Gasteiger partial charge in [0.2, 0.25) is 0 Å². The van der Waals surface area contributed by atoms with E-state index in [4.69, 9.17) is 17.3 Å². The first-order chi connectivity index (χ1) is 8.88. The molecule has 0 saturated carbocycles. The van der Waals surface area contributed by atoms with Crippen LogP contribution in [0.15, 0.2) is 47.4 Å². The van der Waals surface area contributed by atoms with Gasteiger partial charge in [0.15, 0.2) is 9.84 Å². The van der Waals surface area contributed by atoms with Crippen LogP contribution in [-0.4, -0.2) is 8.42 Å². The number of aryl methyl sites for hydroxylation is 1. The van der Waals surface area contributed by atoms with Crippen LogP contribution in [0.5, 0.6) is 0 Å². The van der Waals surface area contributed by atoms with Gasteiger partial charge in [-0.05, 0) is 42.3 Å². The molecule has 0 atom stereocenters. The summed E-state index contributed by atoms with van der Waals surface area (Å²) in [4.78, 5) is 0.212. The van der Waals surface area contributed by atoms with Crippen LogP contribution in [0.1, 0.15) is 11.1 Å². The highest BCUT2D eigenvalue weighted by Crippen LogP contribution is 2.24. The number of nitrogens with two attached hydrogens (primary N) is 1. The van der Waals surface area contributed by atoms with E-state index >= 15 is 0 Å². The molecule has 100 valence electrons. The van der Waals surface area contributed by atoms with Gasteiger partial charge in [0.05, 0.1) is 10.6 Å². The van der Waals surface area contributed by atoms with E-state index in [9.17, 15) is 8.42 Å². The highest BCUT2D eigenvalue weighted by molar-refractivity contribution is 7.90. The summed E-state index contributed by atoms with van der Waals surface area (Å²) in [6.45, 7) is 1.90. The second kappa shape index (κ2) is 5.23. The van der Waals surface area contributed by atoms with Gasteiger partial charge < -0.3 is 5.73 Å². The molecule has 2 N–H and O–H groups in total. The van der Waals surface area contributed by atoms with Crippen molar-refractivity contribution >= 4 is 27.1 Å². The number of benzene rings is 2. The van der Waals surface area contributed by atoms with E-state index in [-0.39, 0.29) is 10.6 Å². The maximum absolute atomic E-state index is 12.3. The minimum absolute atomic E-state index is 0.129. The number of rotatable bonds is 3. The highest BCUT2D eigenvalue weighted by atomic mass is 35.5. The van der Waals surface area contributed by atoms with Crippen molar-refractivity contribution in [3.8, 4) is 0 Å². The van der Waals surface area contributed by atoms with E-state index in [1.54, 1.807) is 24.3 Å². The Morgan fingerprint density at radius 2 is 1.89 bits per heavy atom. The average molecular weight is 296 g/mol. The fraction of sp³-hybridized carbons (Fsp3) is 0.143. The molecule has 0 aliphatic rings. The molecule has 0 unspecified atom stereocenters. The van der Waals surface area contributed by atoms with Crippen LogP contribution in [0.25, 0.3) is 0 Å². The lowest BCUT2D eigenvalue weighted by atomic mass is 10.2. The maximum Gasteiger partial charge on any atom is 0.182 e. The van der Waals surface area contributed by atoms with Crippen LogP contribution in [0.2, 0.25) is 5.02 Å². The molecule has 0 spiro atoms. The summed E-state index contributed by atoms with van der Waals surface area (Å²) in [5.74, 6) is -0.129. The molecule has 0 heterocycles. The number of anilines is 1. The zero-order chi connectivity index (χ0) is 14.0. The molecule has 0 bridgehead atoms. The molecule has 0 aromatic heterocycles. The first-order valence-electron chi connectivity index (χ1n) is 5.72. The molecule has 0 amide bonds. The SMILES string of the molecule is Cc1ccc(CS(=O)(=O)c2cccc(N)c2)c(Cl)c1. The molecule has 0 radical (unpaired) electrons. The summed E-state index contributed by atoms with van der Waals surface area (Å²) in [7, 11) is -3.44. The van der Waals surface area contributed by atoms with Crippen molar-refractivity contribution in [3.63, 3.8) is 0 Å². The third-order valence-electron chi connectivity index (χ3n) is 2.77. The summed E-state index contributed by atoms with van der Waals surface area (Å²) in [6.07, 6.45) is 0. The maximum atomic E-state index is 12.3. The first-order valence-corrected chi connectivity index (χ1v) is 7.75. The Hall–Kier alpha value is -1.52. The zero-order valence-electron chi connectivity index (χ0n) is 10.4. The molecular weight excluding hydrogens is 282 g/mol. The van der Waals surface area contributed by atoms with Gasteiger partial charge in [-0.3, -0.25) is 0 Å². The highest BCUT2D eigenvalue weighted by Gasteiger charge is 2.17. The summed E-state index contributed by atoms with van der Waals surface area (Å²) in [6, 6.07) is 11.6. The third kappa shape index (κ3) is 3.28. The van der Waals surface area contributed by atoms with Gasteiger partial charge in [-0.1, -0.05) is 29.8 Å². The number of halogens is 1. The lowest BCUT2D eigenvalue weighted by molar-refractivity contribution is 0.595. The minimum atomic E-state index is -3.44. The van der Waals surface area contributed by atoms with Crippen molar-refractivity contribution < 1.29 is 8.42 Å². The van der Waals surface area contributed by atoms with Gasteiger partial charge in [-0.25, -0.2) is 8.42 Å². The van der Waals surface area contributed by atoms with Crippen molar-refractivity contribution in [2.75, 3.05) is 5.73 Å². The molecular formula is C14H14ClNO2S. The van der Waals surface area contributed by atoms with Crippen molar-refractivity contribution in [1.29, 1.82) is 0 Å². The average Bonchev–Trinajstić information content (AvgIpc) is 2.33. The van der Waals surface area contributed by atoms with Crippen LogP contribution in [0.3, 0.4) is 0 Å². The van der Waals surface area contributed by atoms with Crippen molar-refractivity contribution in [2.24, 2.45) is 0 Å². The van der Waals surface area contributed by atoms with Gasteiger partial charge in [0.25, 0.3) is 0 Å². The van der Waals surface area contributed by atoms with Crippen LogP contribution in [0.4, 0.5) is 5.69 Å². The molecule has 19 heavy (non-hydrogen) atoms. The minimum Gasteiger partial charge on any atom is -0.399 e. The Labute approximate surface area is 117 Å². The second-order valence-electron chi connectivity index (χ2n) is 4.43. The molecule has 0 aliphatic carbocycles. The summed E-state index contributed by atoms with van der Waals surface area (Å²) >= 11 is 6.07. The fourth-order valence-corrected chi connectivity index (χ4v) is 3.58. The smallest absolute Gasteiger partial charge is 0.182 e. The van der Waals surface area contributed by atoms with E-state index in [2.05, 4.69) is 0 Å². The van der Waals surface area contributed by atoms with Crippen LogP contribution in [-0.2, 0) is 15.6 Å². The molecule has 0 aliphatic heterocycles. The molecule has 2 aromatic carbocycles. The van der Waals surface area contributed by atoms with Crippen molar-refractivity contribution in [1.82, 2.24) is 0 Å². The fourth-order valence-electron chi connectivity index (χ4n) is 1.77. The summed E-state index contributed by atoms with van der Waals surface area (Å²) in [5, 5.41) is 0.465. The van der Waals surface area contributed by atoms with Crippen LogP contribution < -0.4 is 5.73 Å². The number of hydrogen-bond acceptors (Lipinski definition) is 3. The zero-order valence-corrected chi connectivity index (χ0v) is 12.0. The number of sulfone groups is 1. The van der Waals surface area contributed by atoms with Crippen molar-refractivity contribution in [2.45, 2.75) is 17.6 Å². The predicted molar refractivity (Wildman–Crippen MR) is 77.9 cm³/mol. The van der Waals surface area contributed by atoms with Gasteiger partial charge in [0.1, 0.15) is 0 Å². The quantitative estimate of drug-likeness (QED) is 0.885. The number of nitrogen functional groups attached to an aromatic ring is 1. The van der Waals surface area contributed by atoms with E-state index < -0.39 is 9.84 Å². The Balaban J connectivity index is 2.36. The van der Waals surface area contributed by atoms with E-state index in [1.807, 2.05) is 13.0 Å². The van der Waals surface area contributed by atoms with E-state index in [0.717, 1.165) is 5.56 Å². The molecule has 5 heteroatoms. The first kappa shape index (κ1) is 13.9. The van der Waals surface area contributed by atoms with Crippen molar-refractivity contribution in [3.05, 3.63) is 58.6 Å². The van der Waals surface area contributed by atoms with Gasteiger partial charge in [-0.15, -0.1) is 0 Å². The van der Waals surface area contributed by atoms with Crippen LogP contribution in [0, 0.1) is 6.92 Å². The Morgan fingerprint density at radius 1 is 1.16 bits per heavy atom. The predicted octanol–water partition coefficient (Wildman–Crippen LogP) is 3.20. The molecule has 2 rings (SSSR count). The second-order valence-corrected chi connectivity index (χ2v) is 6.82. The Morgan fingerprint density at radius 3 is 2.53 bits per heavy atom. The standard InChI is InChI=1S/C14H14ClNO2S/c1-10-5-6-11(14(15)7-10)9-19(17,18)13-4-2-3-12(16)8-13/h2-8H,9,16H2,1H3. The third-order valence-corrected chi connectivity index (χ3v) is 4.79. The summed E-state index contributed by atoms with van der Waals surface area (Å²) in [5.41, 5.74) is 7.62. The molecule has 0 saturated heterocycles. The van der Waals surface area contributed by atoms with Crippen LogP contribution >= 0.6 is 11.6 Å². The Kier molecular flexibility index (Phi) is 3.83. The Bertz CT molecular complexity index is 711. The summed E-state index contributed by atoms with van der Waals surface area (Å²) < 4.78 is 24.6. The van der Waals surface area contributed by atoms with Gasteiger partial charge in [0, 0.05) is 10.7 Å². The van der Waals surface area contributed by atoms with Gasteiger partial charge in [-0.2, -0.15) is 0 Å². The normalized spacial score (nSPS) is 11.5. The monoisotopic (exact) mass is 295 g/mol. The van der Waals surface area contributed by atoms with E-state index in [0.29, 0.717) is 16.3 Å².